The van der Waals surface area contributed by atoms with Gasteiger partial charge < -0.3 is 10.6 Å². The second kappa shape index (κ2) is 8.70. The van der Waals surface area contributed by atoms with Crippen LogP contribution in [0.1, 0.15) is 60.5 Å². The molecular weight excluding hydrogens is 308 g/mol. The first kappa shape index (κ1) is 17.5. The zero-order chi connectivity index (χ0) is 17.5. The van der Waals surface area contributed by atoms with Crippen LogP contribution in [0.25, 0.3) is 0 Å². The molecule has 0 saturated heterocycles. The van der Waals surface area contributed by atoms with E-state index in [1.54, 1.807) is 0 Å². The van der Waals surface area contributed by atoms with E-state index < -0.39 is 0 Å². The highest BCUT2D eigenvalue weighted by molar-refractivity contribution is 5.94. The molecule has 0 heterocycles. The molecule has 1 amide bonds. The second-order valence-electron chi connectivity index (χ2n) is 6.87. The van der Waals surface area contributed by atoms with Crippen molar-refractivity contribution >= 4 is 11.6 Å². The molecule has 0 aromatic heterocycles. The Morgan fingerprint density at radius 2 is 1.84 bits per heavy atom. The van der Waals surface area contributed by atoms with Crippen LogP contribution < -0.4 is 10.6 Å². The van der Waals surface area contributed by atoms with Crippen molar-refractivity contribution in [2.24, 2.45) is 0 Å². The van der Waals surface area contributed by atoms with Crippen LogP contribution in [0.5, 0.6) is 0 Å². The van der Waals surface area contributed by atoms with E-state index in [1.165, 1.54) is 30.5 Å². The third kappa shape index (κ3) is 4.85. The van der Waals surface area contributed by atoms with E-state index in [-0.39, 0.29) is 5.91 Å². The number of carbonyl (C=O) groups excluding carboxylic acids is 1. The van der Waals surface area contributed by atoms with Gasteiger partial charge in [0.25, 0.3) is 5.91 Å². The fraction of sp³-hybridized carbons (Fsp3) is 0.409. The molecule has 3 nitrogen and oxygen atoms in total. The lowest BCUT2D eigenvalue weighted by molar-refractivity contribution is 0.0927. The van der Waals surface area contributed by atoms with Gasteiger partial charge in [0.15, 0.2) is 0 Å². The molecule has 25 heavy (non-hydrogen) atoms. The smallest absolute Gasteiger partial charge is 0.251 e. The fourth-order valence-corrected chi connectivity index (χ4v) is 3.54. The molecule has 132 valence electrons. The van der Waals surface area contributed by atoms with Crippen molar-refractivity contribution in [3.63, 3.8) is 0 Å². The van der Waals surface area contributed by atoms with Crippen LogP contribution in [0.2, 0.25) is 0 Å². The molecular formula is C22H28N2O. The molecule has 0 spiro atoms. The number of hydrogen-bond acceptors (Lipinski definition) is 2. The SMILES string of the molecule is CCc1ccccc1NCc1cccc(C(=O)NC2CCCCC2)c1. The summed E-state index contributed by atoms with van der Waals surface area (Å²) in [5.74, 6) is 0.0581. The predicted octanol–water partition coefficient (Wildman–Crippen LogP) is 4.92. The largest absolute Gasteiger partial charge is 0.381 e. The predicted molar refractivity (Wildman–Crippen MR) is 104 cm³/mol. The highest BCUT2D eigenvalue weighted by Crippen LogP contribution is 2.19. The maximum atomic E-state index is 12.5. The minimum atomic E-state index is 0.0581. The summed E-state index contributed by atoms with van der Waals surface area (Å²) >= 11 is 0. The number of anilines is 1. The number of para-hydroxylation sites is 1. The van der Waals surface area contributed by atoms with Gasteiger partial charge in [0.1, 0.15) is 0 Å². The molecule has 1 saturated carbocycles. The first-order valence-corrected chi connectivity index (χ1v) is 9.48. The van der Waals surface area contributed by atoms with Crippen molar-refractivity contribution in [2.75, 3.05) is 5.32 Å². The molecule has 2 aromatic carbocycles. The molecule has 1 aliphatic rings. The zero-order valence-electron chi connectivity index (χ0n) is 15.1. The van der Waals surface area contributed by atoms with Crippen LogP contribution >= 0.6 is 0 Å². The number of benzene rings is 2. The lowest BCUT2D eigenvalue weighted by atomic mass is 9.95. The van der Waals surface area contributed by atoms with E-state index in [9.17, 15) is 4.79 Å². The summed E-state index contributed by atoms with van der Waals surface area (Å²) in [6, 6.07) is 16.7. The minimum Gasteiger partial charge on any atom is -0.381 e. The van der Waals surface area contributed by atoms with E-state index in [1.807, 2.05) is 18.2 Å². The normalized spacial score (nSPS) is 14.9. The van der Waals surface area contributed by atoms with Gasteiger partial charge in [-0.05, 0) is 48.6 Å². The summed E-state index contributed by atoms with van der Waals surface area (Å²) < 4.78 is 0. The Morgan fingerprint density at radius 1 is 1.04 bits per heavy atom. The van der Waals surface area contributed by atoms with Crippen LogP contribution in [0.4, 0.5) is 5.69 Å². The molecule has 0 unspecified atom stereocenters. The van der Waals surface area contributed by atoms with E-state index in [2.05, 4.69) is 47.9 Å². The van der Waals surface area contributed by atoms with Crippen LogP contribution in [-0.4, -0.2) is 11.9 Å². The van der Waals surface area contributed by atoms with Gasteiger partial charge in [0.05, 0.1) is 0 Å². The topological polar surface area (TPSA) is 41.1 Å². The Labute approximate surface area is 150 Å². The molecule has 3 rings (SSSR count). The lowest BCUT2D eigenvalue weighted by Gasteiger charge is -2.22. The number of hydrogen-bond donors (Lipinski definition) is 2. The molecule has 2 N–H and O–H groups in total. The molecule has 0 bridgehead atoms. The van der Waals surface area contributed by atoms with Gasteiger partial charge in [0.2, 0.25) is 0 Å². The van der Waals surface area contributed by atoms with Crippen molar-refractivity contribution in [2.45, 2.75) is 58.0 Å². The molecule has 0 aliphatic heterocycles. The Bertz CT molecular complexity index is 705. The molecule has 1 aliphatic carbocycles. The van der Waals surface area contributed by atoms with Gasteiger partial charge in [-0.1, -0.05) is 56.5 Å². The lowest BCUT2D eigenvalue weighted by Crippen LogP contribution is -2.36. The van der Waals surface area contributed by atoms with Crippen LogP contribution in [0.15, 0.2) is 48.5 Å². The van der Waals surface area contributed by atoms with Crippen molar-refractivity contribution in [3.05, 3.63) is 65.2 Å². The van der Waals surface area contributed by atoms with Gasteiger partial charge in [-0.25, -0.2) is 0 Å². The van der Waals surface area contributed by atoms with E-state index in [0.29, 0.717) is 6.04 Å². The molecule has 1 fully saturated rings. The second-order valence-corrected chi connectivity index (χ2v) is 6.87. The van der Waals surface area contributed by atoms with Gasteiger partial charge in [-0.15, -0.1) is 0 Å². The van der Waals surface area contributed by atoms with Gasteiger partial charge >= 0.3 is 0 Å². The number of amides is 1. The van der Waals surface area contributed by atoms with Crippen LogP contribution in [-0.2, 0) is 13.0 Å². The summed E-state index contributed by atoms with van der Waals surface area (Å²) in [6.45, 7) is 2.89. The molecule has 0 radical (unpaired) electrons. The fourth-order valence-electron chi connectivity index (χ4n) is 3.54. The van der Waals surface area contributed by atoms with E-state index in [0.717, 1.165) is 36.9 Å². The Balaban J connectivity index is 1.61. The molecule has 3 heteroatoms. The van der Waals surface area contributed by atoms with E-state index >= 15 is 0 Å². The van der Waals surface area contributed by atoms with Crippen molar-refractivity contribution in [1.29, 1.82) is 0 Å². The first-order chi connectivity index (χ1) is 12.3. The zero-order valence-corrected chi connectivity index (χ0v) is 15.1. The highest BCUT2D eigenvalue weighted by atomic mass is 16.1. The molecule has 0 atom stereocenters. The number of nitrogens with one attached hydrogen (secondary N) is 2. The summed E-state index contributed by atoms with van der Waals surface area (Å²) in [6.07, 6.45) is 6.98. The third-order valence-electron chi connectivity index (χ3n) is 5.01. The quantitative estimate of drug-likeness (QED) is 0.786. The van der Waals surface area contributed by atoms with Crippen LogP contribution in [0, 0.1) is 0 Å². The third-order valence-corrected chi connectivity index (χ3v) is 5.01. The van der Waals surface area contributed by atoms with Gasteiger partial charge in [0, 0.05) is 23.8 Å². The summed E-state index contributed by atoms with van der Waals surface area (Å²) in [5.41, 5.74) is 4.37. The van der Waals surface area contributed by atoms with Gasteiger partial charge in [-0.2, -0.15) is 0 Å². The van der Waals surface area contributed by atoms with Crippen molar-refractivity contribution in [3.8, 4) is 0 Å². The average Bonchev–Trinajstić information content (AvgIpc) is 2.67. The number of aryl methyl sites for hydroxylation is 1. The highest BCUT2D eigenvalue weighted by Gasteiger charge is 2.16. The maximum absolute atomic E-state index is 12.5. The number of carbonyl (C=O) groups is 1. The van der Waals surface area contributed by atoms with Crippen molar-refractivity contribution in [1.82, 2.24) is 5.32 Å². The summed E-state index contributed by atoms with van der Waals surface area (Å²) in [4.78, 5) is 12.5. The Kier molecular flexibility index (Phi) is 6.10. The summed E-state index contributed by atoms with van der Waals surface area (Å²) in [7, 11) is 0. The standard InChI is InChI=1S/C22H28N2O/c1-2-18-10-6-7-14-21(18)23-16-17-9-8-11-19(15-17)22(25)24-20-12-4-3-5-13-20/h6-11,14-15,20,23H,2-5,12-13,16H2,1H3,(H,24,25). The molecule has 2 aromatic rings. The Hall–Kier alpha value is -2.29. The van der Waals surface area contributed by atoms with Crippen molar-refractivity contribution < 1.29 is 4.79 Å². The van der Waals surface area contributed by atoms with E-state index in [4.69, 9.17) is 0 Å². The first-order valence-electron chi connectivity index (χ1n) is 9.48. The van der Waals surface area contributed by atoms with Crippen LogP contribution in [0.3, 0.4) is 0 Å². The Morgan fingerprint density at radius 3 is 2.64 bits per heavy atom. The monoisotopic (exact) mass is 336 g/mol. The minimum absolute atomic E-state index is 0.0581. The maximum Gasteiger partial charge on any atom is 0.251 e. The average molecular weight is 336 g/mol. The summed E-state index contributed by atoms with van der Waals surface area (Å²) in [5, 5.41) is 6.69. The van der Waals surface area contributed by atoms with Gasteiger partial charge in [-0.3, -0.25) is 4.79 Å². The number of rotatable bonds is 6.